The molecule has 0 radical (unpaired) electrons. The van der Waals surface area contributed by atoms with Gasteiger partial charge >= 0.3 is 0 Å². The van der Waals surface area contributed by atoms with Crippen LogP contribution in [0.4, 0.5) is 0 Å². The van der Waals surface area contributed by atoms with Crippen molar-refractivity contribution in [3.8, 4) is 12.3 Å². The lowest BCUT2D eigenvalue weighted by Crippen LogP contribution is -2.09. The van der Waals surface area contributed by atoms with E-state index in [1.54, 1.807) is 0 Å². The third-order valence-corrected chi connectivity index (χ3v) is 2.96. The summed E-state index contributed by atoms with van der Waals surface area (Å²) in [5.41, 5.74) is 2.63. The summed E-state index contributed by atoms with van der Waals surface area (Å²) in [6, 6.07) is 0. The van der Waals surface area contributed by atoms with Crippen LogP contribution in [0.15, 0.2) is 23.8 Å². The van der Waals surface area contributed by atoms with Gasteiger partial charge < -0.3 is 0 Å². The van der Waals surface area contributed by atoms with E-state index in [1.807, 2.05) is 0 Å². The average Bonchev–Trinajstić information content (AvgIpc) is 2.17. The second kappa shape index (κ2) is 8.22. The Hall–Kier alpha value is -0.960. The van der Waals surface area contributed by atoms with Crippen LogP contribution in [-0.2, 0) is 0 Å². The SMILES string of the molecule is C#C[C@@H](CCC(=C)C)[C@@H](C)CCC=C(C)C. The summed E-state index contributed by atoms with van der Waals surface area (Å²) in [6.45, 7) is 12.6. The van der Waals surface area contributed by atoms with Gasteiger partial charge in [0, 0.05) is 5.92 Å². The molecule has 0 spiro atoms. The highest BCUT2D eigenvalue weighted by Gasteiger charge is 2.13. The first-order valence-electron chi connectivity index (χ1n) is 6.21. The van der Waals surface area contributed by atoms with Crippen LogP contribution >= 0.6 is 0 Å². The first-order chi connectivity index (χ1) is 7.47. The number of terminal acetylenes is 1. The molecule has 0 aliphatic carbocycles. The Morgan fingerprint density at radius 1 is 1.31 bits per heavy atom. The van der Waals surface area contributed by atoms with E-state index < -0.39 is 0 Å². The lowest BCUT2D eigenvalue weighted by molar-refractivity contribution is 0.394. The fraction of sp³-hybridized carbons (Fsp3) is 0.625. The fourth-order valence-corrected chi connectivity index (χ4v) is 1.77. The van der Waals surface area contributed by atoms with Crippen LogP contribution in [0.3, 0.4) is 0 Å². The van der Waals surface area contributed by atoms with Gasteiger partial charge in [0.1, 0.15) is 0 Å². The highest BCUT2D eigenvalue weighted by molar-refractivity contribution is 5.00. The summed E-state index contributed by atoms with van der Waals surface area (Å²) >= 11 is 0. The van der Waals surface area contributed by atoms with Crippen molar-refractivity contribution in [2.75, 3.05) is 0 Å². The van der Waals surface area contributed by atoms with Gasteiger partial charge in [-0.25, -0.2) is 0 Å². The second-order valence-corrected chi connectivity index (χ2v) is 5.11. The molecule has 0 bridgehead atoms. The summed E-state index contributed by atoms with van der Waals surface area (Å²) < 4.78 is 0. The topological polar surface area (TPSA) is 0 Å². The molecular weight excluding hydrogens is 192 g/mol. The van der Waals surface area contributed by atoms with Crippen LogP contribution in [-0.4, -0.2) is 0 Å². The standard InChI is InChI=1S/C16H26/c1-7-16(12-11-14(4)5)15(6)10-8-9-13(2)3/h1,9,15-16H,4,8,10-12H2,2-3,5-6H3/t15-,16-/m0/s1. The second-order valence-electron chi connectivity index (χ2n) is 5.11. The van der Waals surface area contributed by atoms with Gasteiger partial charge in [0.15, 0.2) is 0 Å². The van der Waals surface area contributed by atoms with Crippen LogP contribution in [0, 0.1) is 24.2 Å². The predicted octanol–water partition coefficient (Wildman–Crippen LogP) is 4.97. The van der Waals surface area contributed by atoms with Gasteiger partial charge in [-0.15, -0.1) is 18.9 Å². The summed E-state index contributed by atoms with van der Waals surface area (Å²) in [6.07, 6.45) is 12.4. The monoisotopic (exact) mass is 218 g/mol. The van der Waals surface area contributed by atoms with Crippen LogP contribution in [0.1, 0.15) is 53.4 Å². The third-order valence-electron chi connectivity index (χ3n) is 2.96. The van der Waals surface area contributed by atoms with Crippen molar-refractivity contribution in [2.24, 2.45) is 11.8 Å². The molecule has 0 N–H and O–H groups in total. The molecule has 2 atom stereocenters. The van der Waals surface area contributed by atoms with Crippen molar-refractivity contribution in [1.29, 1.82) is 0 Å². The molecule has 0 rings (SSSR count). The molecule has 0 aromatic heterocycles. The van der Waals surface area contributed by atoms with Gasteiger partial charge in [0.05, 0.1) is 0 Å². The number of hydrogen-bond donors (Lipinski definition) is 0. The Kier molecular flexibility index (Phi) is 7.73. The summed E-state index contributed by atoms with van der Waals surface area (Å²) in [5, 5.41) is 0. The quantitative estimate of drug-likeness (QED) is 0.418. The van der Waals surface area contributed by atoms with Gasteiger partial charge in [-0.2, -0.15) is 0 Å². The largest absolute Gasteiger partial charge is 0.120 e. The molecule has 0 aliphatic heterocycles. The van der Waals surface area contributed by atoms with Gasteiger partial charge in [-0.1, -0.05) is 24.1 Å². The van der Waals surface area contributed by atoms with Crippen LogP contribution in [0.2, 0.25) is 0 Å². The number of hydrogen-bond acceptors (Lipinski definition) is 0. The zero-order valence-corrected chi connectivity index (χ0v) is 11.3. The first kappa shape index (κ1) is 15.0. The van der Waals surface area contributed by atoms with Crippen molar-refractivity contribution >= 4 is 0 Å². The molecule has 0 nitrogen and oxygen atoms in total. The minimum atomic E-state index is 0.405. The van der Waals surface area contributed by atoms with Gasteiger partial charge in [-0.05, 0) is 52.4 Å². The van der Waals surface area contributed by atoms with Crippen molar-refractivity contribution in [3.63, 3.8) is 0 Å². The van der Waals surface area contributed by atoms with E-state index in [0.29, 0.717) is 11.8 Å². The maximum atomic E-state index is 5.60. The maximum Gasteiger partial charge on any atom is 0.0229 e. The summed E-state index contributed by atoms with van der Waals surface area (Å²) in [5.74, 6) is 3.95. The summed E-state index contributed by atoms with van der Waals surface area (Å²) in [4.78, 5) is 0. The highest BCUT2D eigenvalue weighted by Crippen LogP contribution is 2.23. The molecular formula is C16H26. The Labute approximate surface area is 102 Å². The average molecular weight is 218 g/mol. The molecule has 90 valence electrons. The molecule has 0 heterocycles. The number of rotatable bonds is 7. The lowest BCUT2D eigenvalue weighted by Gasteiger charge is -2.18. The Bertz CT molecular complexity index is 271. The molecule has 0 heteroatoms. The van der Waals surface area contributed by atoms with Crippen LogP contribution in [0.25, 0.3) is 0 Å². The minimum absolute atomic E-state index is 0.405. The molecule has 0 aromatic carbocycles. The summed E-state index contributed by atoms with van der Waals surface area (Å²) in [7, 11) is 0. The molecule has 0 saturated carbocycles. The van der Waals surface area contributed by atoms with E-state index in [1.165, 1.54) is 17.6 Å². The Morgan fingerprint density at radius 3 is 2.38 bits per heavy atom. The number of allylic oxidation sites excluding steroid dienone is 3. The van der Waals surface area contributed by atoms with E-state index in [9.17, 15) is 0 Å². The van der Waals surface area contributed by atoms with Crippen molar-refractivity contribution < 1.29 is 0 Å². The highest BCUT2D eigenvalue weighted by atomic mass is 14.2. The van der Waals surface area contributed by atoms with E-state index in [2.05, 4.69) is 46.3 Å². The minimum Gasteiger partial charge on any atom is -0.120 e. The molecule has 0 amide bonds. The van der Waals surface area contributed by atoms with Gasteiger partial charge in [-0.3, -0.25) is 0 Å². The lowest BCUT2D eigenvalue weighted by atomic mass is 9.86. The molecule has 0 unspecified atom stereocenters. The first-order valence-corrected chi connectivity index (χ1v) is 6.21. The zero-order chi connectivity index (χ0) is 12.6. The smallest absolute Gasteiger partial charge is 0.0229 e. The fourth-order valence-electron chi connectivity index (χ4n) is 1.77. The van der Waals surface area contributed by atoms with Crippen LogP contribution < -0.4 is 0 Å². The van der Waals surface area contributed by atoms with Gasteiger partial charge in [0.25, 0.3) is 0 Å². The molecule has 0 aromatic rings. The van der Waals surface area contributed by atoms with E-state index in [0.717, 1.165) is 19.3 Å². The molecule has 0 saturated heterocycles. The zero-order valence-electron chi connectivity index (χ0n) is 11.3. The Balaban J connectivity index is 4.01. The van der Waals surface area contributed by atoms with Crippen molar-refractivity contribution in [2.45, 2.75) is 53.4 Å². The molecule has 0 fully saturated rings. The van der Waals surface area contributed by atoms with Crippen molar-refractivity contribution in [1.82, 2.24) is 0 Å². The van der Waals surface area contributed by atoms with E-state index in [4.69, 9.17) is 6.42 Å². The van der Waals surface area contributed by atoms with Crippen LogP contribution in [0.5, 0.6) is 0 Å². The maximum absolute atomic E-state index is 5.60. The normalized spacial score (nSPS) is 13.7. The molecule has 16 heavy (non-hydrogen) atoms. The third kappa shape index (κ3) is 7.35. The van der Waals surface area contributed by atoms with Crippen molar-refractivity contribution in [3.05, 3.63) is 23.8 Å². The van der Waals surface area contributed by atoms with E-state index in [-0.39, 0.29) is 0 Å². The predicted molar refractivity (Wildman–Crippen MR) is 74.2 cm³/mol. The molecule has 0 aliphatic rings. The Morgan fingerprint density at radius 2 is 1.94 bits per heavy atom. The van der Waals surface area contributed by atoms with E-state index >= 15 is 0 Å². The van der Waals surface area contributed by atoms with Gasteiger partial charge in [0.2, 0.25) is 0 Å².